The second-order valence-corrected chi connectivity index (χ2v) is 2.21. The number of nitrogens with zero attached hydrogens (tertiary/aromatic N) is 2. The first-order valence-electron chi connectivity index (χ1n) is 3.81. The van der Waals surface area contributed by atoms with Gasteiger partial charge in [-0.05, 0) is 19.3 Å². The summed E-state index contributed by atoms with van der Waals surface area (Å²) in [5.41, 5.74) is 1.03. The van der Waals surface area contributed by atoms with Crippen molar-refractivity contribution in [2.24, 2.45) is 5.16 Å². The predicted octanol–water partition coefficient (Wildman–Crippen LogP) is 2.09. The molecule has 0 aromatic carbocycles. The Kier molecular flexibility index (Phi) is 6.40. The van der Waals surface area contributed by atoms with Crippen LogP contribution in [-0.4, -0.2) is 12.8 Å². The molecule has 0 aromatic rings. The molecule has 0 unspecified atom stereocenters. The first-order chi connectivity index (χ1) is 5.35. The molecule has 0 spiro atoms. The number of unbranched alkanes of at least 4 members (excludes halogenated alkanes) is 1. The van der Waals surface area contributed by atoms with Gasteiger partial charge in [0, 0.05) is 6.42 Å². The Morgan fingerprint density at radius 1 is 1.64 bits per heavy atom. The van der Waals surface area contributed by atoms with Crippen LogP contribution in [0.5, 0.6) is 0 Å². The molecular formula is C8H14N2O. The van der Waals surface area contributed by atoms with Crippen LogP contribution in [0.1, 0.15) is 32.6 Å². The van der Waals surface area contributed by atoms with Crippen molar-refractivity contribution in [3.63, 3.8) is 0 Å². The molecule has 3 heteroatoms. The summed E-state index contributed by atoms with van der Waals surface area (Å²) >= 11 is 0. The van der Waals surface area contributed by atoms with Crippen molar-refractivity contribution in [1.29, 1.82) is 5.26 Å². The lowest BCUT2D eigenvalue weighted by molar-refractivity contribution is 0.211. The highest BCUT2D eigenvalue weighted by atomic mass is 16.6. The Bertz CT molecular complexity index is 158. The average molecular weight is 154 g/mol. The van der Waals surface area contributed by atoms with Gasteiger partial charge in [-0.2, -0.15) is 5.26 Å². The van der Waals surface area contributed by atoms with Crippen LogP contribution in [0.15, 0.2) is 5.16 Å². The fourth-order valence-corrected chi connectivity index (χ4v) is 0.788. The minimum absolute atomic E-state index is 0.600. The van der Waals surface area contributed by atoms with E-state index < -0.39 is 0 Å². The Morgan fingerprint density at radius 2 is 2.36 bits per heavy atom. The summed E-state index contributed by atoms with van der Waals surface area (Å²) < 4.78 is 0. The molecule has 0 aliphatic carbocycles. The van der Waals surface area contributed by atoms with Gasteiger partial charge in [0.2, 0.25) is 0 Å². The summed E-state index contributed by atoms with van der Waals surface area (Å²) in [6.45, 7) is 2.03. The van der Waals surface area contributed by atoms with E-state index in [0.717, 1.165) is 25.0 Å². The number of hydrogen-bond acceptors (Lipinski definition) is 3. The molecule has 0 atom stereocenters. The molecule has 0 aliphatic rings. The molecular weight excluding hydrogens is 140 g/mol. The Balaban J connectivity index is 3.54. The van der Waals surface area contributed by atoms with E-state index >= 15 is 0 Å². The molecule has 0 radical (unpaired) electrons. The summed E-state index contributed by atoms with van der Waals surface area (Å²) in [7, 11) is 1.54. The molecule has 3 nitrogen and oxygen atoms in total. The first-order valence-corrected chi connectivity index (χ1v) is 3.81. The summed E-state index contributed by atoms with van der Waals surface area (Å²) in [4.78, 5) is 4.63. The van der Waals surface area contributed by atoms with Crippen molar-refractivity contribution < 1.29 is 4.84 Å². The van der Waals surface area contributed by atoms with Crippen molar-refractivity contribution >= 4 is 5.71 Å². The third-order valence-electron chi connectivity index (χ3n) is 1.38. The van der Waals surface area contributed by atoms with Crippen molar-refractivity contribution in [2.75, 3.05) is 7.11 Å². The molecule has 62 valence electrons. The van der Waals surface area contributed by atoms with Gasteiger partial charge in [-0.1, -0.05) is 12.1 Å². The summed E-state index contributed by atoms with van der Waals surface area (Å²) in [5, 5.41) is 12.1. The van der Waals surface area contributed by atoms with Crippen LogP contribution in [-0.2, 0) is 4.84 Å². The van der Waals surface area contributed by atoms with Gasteiger partial charge in [-0.15, -0.1) is 0 Å². The van der Waals surface area contributed by atoms with Crippen molar-refractivity contribution in [3.8, 4) is 6.07 Å². The molecule has 0 bridgehead atoms. The molecule has 0 saturated heterocycles. The maximum atomic E-state index is 8.26. The minimum atomic E-state index is 0.600. The zero-order chi connectivity index (χ0) is 8.53. The highest BCUT2D eigenvalue weighted by Crippen LogP contribution is 2.00. The van der Waals surface area contributed by atoms with E-state index in [-0.39, 0.29) is 0 Å². The van der Waals surface area contributed by atoms with E-state index in [0.29, 0.717) is 6.42 Å². The fourth-order valence-electron chi connectivity index (χ4n) is 0.788. The fraction of sp³-hybridized carbons (Fsp3) is 0.750. The maximum Gasteiger partial charge on any atom is 0.106 e. The van der Waals surface area contributed by atoms with Crippen molar-refractivity contribution in [1.82, 2.24) is 0 Å². The third-order valence-corrected chi connectivity index (χ3v) is 1.38. The van der Waals surface area contributed by atoms with Gasteiger partial charge in [-0.3, -0.25) is 0 Å². The van der Waals surface area contributed by atoms with Crippen LogP contribution < -0.4 is 0 Å². The molecule has 0 amide bonds. The highest BCUT2D eigenvalue weighted by Gasteiger charge is 1.95. The monoisotopic (exact) mass is 154 g/mol. The molecule has 0 saturated carbocycles. The van der Waals surface area contributed by atoms with E-state index in [1.165, 1.54) is 0 Å². The topological polar surface area (TPSA) is 45.4 Å². The van der Waals surface area contributed by atoms with Gasteiger partial charge in [0.15, 0.2) is 0 Å². The summed E-state index contributed by atoms with van der Waals surface area (Å²) in [6, 6.07) is 2.09. The smallest absolute Gasteiger partial charge is 0.106 e. The summed E-state index contributed by atoms with van der Waals surface area (Å²) in [5.74, 6) is 0. The second kappa shape index (κ2) is 7.07. The standard InChI is InChI=1S/C8H14N2O/c1-3-8(10-11-2)6-4-5-7-9/h3-6H2,1-2H3. The lowest BCUT2D eigenvalue weighted by Gasteiger charge is -1.98. The zero-order valence-electron chi connectivity index (χ0n) is 7.13. The molecule has 0 N–H and O–H groups in total. The SMILES string of the molecule is CCC(CCCC#N)=NOC. The lowest BCUT2D eigenvalue weighted by Crippen LogP contribution is -1.96. The van der Waals surface area contributed by atoms with Gasteiger partial charge in [0.05, 0.1) is 11.8 Å². The normalized spacial score (nSPS) is 10.8. The van der Waals surface area contributed by atoms with Gasteiger partial charge in [-0.25, -0.2) is 0 Å². The van der Waals surface area contributed by atoms with E-state index in [2.05, 4.69) is 16.1 Å². The van der Waals surface area contributed by atoms with Crippen LogP contribution in [0.2, 0.25) is 0 Å². The molecule has 0 rings (SSSR count). The zero-order valence-corrected chi connectivity index (χ0v) is 7.13. The Labute approximate surface area is 67.6 Å². The Morgan fingerprint density at radius 3 is 2.82 bits per heavy atom. The van der Waals surface area contributed by atoms with E-state index in [9.17, 15) is 0 Å². The largest absolute Gasteiger partial charge is 0.399 e. The van der Waals surface area contributed by atoms with E-state index in [4.69, 9.17) is 5.26 Å². The van der Waals surface area contributed by atoms with Gasteiger partial charge >= 0.3 is 0 Å². The lowest BCUT2D eigenvalue weighted by atomic mass is 10.1. The van der Waals surface area contributed by atoms with Gasteiger partial charge in [0.1, 0.15) is 7.11 Å². The number of nitriles is 1. The molecule has 0 fully saturated rings. The van der Waals surface area contributed by atoms with E-state index in [1.54, 1.807) is 7.11 Å². The third kappa shape index (κ3) is 5.41. The van der Waals surface area contributed by atoms with Gasteiger partial charge in [0.25, 0.3) is 0 Å². The van der Waals surface area contributed by atoms with Crippen LogP contribution in [0, 0.1) is 11.3 Å². The minimum Gasteiger partial charge on any atom is -0.399 e. The van der Waals surface area contributed by atoms with Gasteiger partial charge < -0.3 is 4.84 Å². The maximum absolute atomic E-state index is 8.26. The van der Waals surface area contributed by atoms with Crippen LogP contribution in [0.4, 0.5) is 0 Å². The first kappa shape index (κ1) is 9.96. The molecule has 0 aromatic heterocycles. The predicted molar refractivity (Wildman–Crippen MR) is 44.2 cm³/mol. The highest BCUT2D eigenvalue weighted by molar-refractivity contribution is 5.83. The van der Waals surface area contributed by atoms with Crippen molar-refractivity contribution in [2.45, 2.75) is 32.6 Å². The Hall–Kier alpha value is -1.04. The van der Waals surface area contributed by atoms with Crippen LogP contribution >= 0.6 is 0 Å². The average Bonchev–Trinajstić information content (AvgIpc) is 2.03. The molecule has 0 aliphatic heterocycles. The number of rotatable bonds is 5. The number of hydrogen-bond donors (Lipinski definition) is 0. The van der Waals surface area contributed by atoms with E-state index in [1.807, 2.05) is 6.92 Å². The van der Waals surface area contributed by atoms with Crippen LogP contribution in [0.25, 0.3) is 0 Å². The van der Waals surface area contributed by atoms with Crippen molar-refractivity contribution in [3.05, 3.63) is 0 Å². The molecule has 11 heavy (non-hydrogen) atoms. The van der Waals surface area contributed by atoms with Crippen LogP contribution in [0.3, 0.4) is 0 Å². The molecule has 0 heterocycles. The summed E-state index contributed by atoms with van der Waals surface area (Å²) in [6.07, 6.45) is 3.26. The quantitative estimate of drug-likeness (QED) is 0.346. The number of oxime groups is 1. The second-order valence-electron chi connectivity index (χ2n) is 2.21.